The number of carbonyl (C=O) groups is 1. The molecular weight excluding hydrogens is 366 g/mol. The number of rotatable bonds is 5. The summed E-state index contributed by atoms with van der Waals surface area (Å²) < 4.78 is 1.21. The van der Waals surface area contributed by atoms with Crippen LogP contribution in [-0.2, 0) is 17.8 Å². The average Bonchev–Trinajstić information content (AvgIpc) is 2.74. The minimum absolute atomic E-state index is 0.191. The Balaban J connectivity index is 1.69. The zero-order valence-electron chi connectivity index (χ0n) is 15.9. The lowest BCUT2D eigenvalue weighted by molar-refractivity contribution is -0.117. The second kappa shape index (κ2) is 8.02. The molecule has 0 aliphatic rings. The van der Waals surface area contributed by atoms with Crippen molar-refractivity contribution in [3.8, 4) is 0 Å². The molecular formula is C22H19N5O2. The lowest BCUT2D eigenvalue weighted by Crippen LogP contribution is -2.31. The first-order valence-electron chi connectivity index (χ1n) is 9.21. The van der Waals surface area contributed by atoms with Crippen molar-refractivity contribution in [1.29, 1.82) is 0 Å². The number of fused-ring (bicyclic) bond motifs is 1. The van der Waals surface area contributed by atoms with Crippen molar-refractivity contribution in [3.63, 3.8) is 0 Å². The van der Waals surface area contributed by atoms with E-state index in [0.717, 1.165) is 22.2 Å². The van der Waals surface area contributed by atoms with Gasteiger partial charge in [-0.2, -0.15) is 5.10 Å². The molecule has 0 unspecified atom stereocenters. The third kappa shape index (κ3) is 4.03. The predicted molar refractivity (Wildman–Crippen MR) is 111 cm³/mol. The fourth-order valence-electron chi connectivity index (χ4n) is 3.16. The monoisotopic (exact) mass is 385 g/mol. The summed E-state index contributed by atoms with van der Waals surface area (Å²) >= 11 is 0. The van der Waals surface area contributed by atoms with E-state index in [1.807, 2.05) is 43.3 Å². The van der Waals surface area contributed by atoms with Gasteiger partial charge in [-0.3, -0.25) is 14.6 Å². The molecule has 1 N–H and O–H groups in total. The molecule has 1 amide bonds. The van der Waals surface area contributed by atoms with Crippen LogP contribution in [0.5, 0.6) is 0 Å². The highest BCUT2D eigenvalue weighted by molar-refractivity contribution is 5.90. The van der Waals surface area contributed by atoms with Crippen LogP contribution in [0.1, 0.15) is 16.8 Å². The first kappa shape index (κ1) is 18.5. The van der Waals surface area contributed by atoms with Crippen molar-refractivity contribution >= 4 is 22.5 Å². The van der Waals surface area contributed by atoms with Gasteiger partial charge in [0.2, 0.25) is 5.91 Å². The fraction of sp³-hybridized carbons (Fsp3) is 0.136. The molecule has 0 saturated heterocycles. The SMILES string of the molecule is Cc1cccnc1NC(=O)Cn1nc(Cc2ccncc2)c2ccccc2c1=O. The van der Waals surface area contributed by atoms with E-state index in [1.54, 1.807) is 30.7 Å². The number of hydrogen-bond donors (Lipinski definition) is 1. The van der Waals surface area contributed by atoms with Crippen molar-refractivity contribution in [1.82, 2.24) is 19.7 Å². The highest BCUT2D eigenvalue weighted by atomic mass is 16.2. The van der Waals surface area contributed by atoms with E-state index >= 15 is 0 Å². The smallest absolute Gasteiger partial charge is 0.275 e. The molecule has 0 radical (unpaired) electrons. The number of pyridine rings is 2. The van der Waals surface area contributed by atoms with Crippen LogP contribution in [0.25, 0.3) is 10.8 Å². The van der Waals surface area contributed by atoms with Gasteiger partial charge in [0.05, 0.1) is 11.1 Å². The van der Waals surface area contributed by atoms with Gasteiger partial charge in [0, 0.05) is 30.4 Å². The number of aryl methyl sites for hydroxylation is 1. The second-order valence-corrected chi connectivity index (χ2v) is 6.70. The van der Waals surface area contributed by atoms with Crippen molar-refractivity contribution in [2.75, 3.05) is 5.32 Å². The summed E-state index contributed by atoms with van der Waals surface area (Å²) in [7, 11) is 0. The molecule has 0 spiro atoms. The molecule has 0 saturated carbocycles. The van der Waals surface area contributed by atoms with Crippen molar-refractivity contribution in [2.24, 2.45) is 0 Å². The first-order valence-corrected chi connectivity index (χ1v) is 9.21. The molecule has 29 heavy (non-hydrogen) atoms. The lowest BCUT2D eigenvalue weighted by atomic mass is 10.1. The number of hydrogen-bond acceptors (Lipinski definition) is 5. The summed E-state index contributed by atoms with van der Waals surface area (Å²) in [5, 5.41) is 8.57. The Kier molecular flexibility index (Phi) is 5.11. The topological polar surface area (TPSA) is 89.8 Å². The Morgan fingerprint density at radius 2 is 1.76 bits per heavy atom. The molecule has 4 aromatic rings. The van der Waals surface area contributed by atoms with Gasteiger partial charge in [-0.1, -0.05) is 24.3 Å². The molecule has 0 atom stereocenters. The normalized spacial score (nSPS) is 10.8. The molecule has 7 heteroatoms. The summed E-state index contributed by atoms with van der Waals surface area (Å²) in [5.41, 5.74) is 2.30. The second-order valence-electron chi connectivity index (χ2n) is 6.70. The minimum Gasteiger partial charge on any atom is -0.309 e. The van der Waals surface area contributed by atoms with Crippen LogP contribution in [0.3, 0.4) is 0 Å². The van der Waals surface area contributed by atoms with Gasteiger partial charge in [-0.05, 0) is 42.3 Å². The molecule has 0 aliphatic heterocycles. The third-order valence-electron chi connectivity index (χ3n) is 4.63. The largest absolute Gasteiger partial charge is 0.309 e. The summed E-state index contributed by atoms with van der Waals surface area (Å²) in [5.74, 6) is 0.120. The Morgan fingerprint density at radius 1 is 1.00 bits per heavy atom. The Bertz CT molecular complexity index is 1230. The van der Waals surface area contributed by atoms with E-state index in [9.17, 15) is 9.59 Å². The van der Waals surface area contributed by atoms with Gasteiger partial charge in [0.25, 0.3) is 5.56 Å². The molecule has 4 rings (SSSR count). The van der Waals surface area contributed by atoms with Gasteiger partial charge in [0.15, 0.2) is 0 Å². The van der Waals surface area contributed by atoms with E-state index in [0.29, 0.717) is 17.6 Å². The van der Waals surface area contributed by atoms with E-state index < -0.39 is 0 Å². The molecule has 144 valence electrons. The molecule has 3 heterocycles. The highest BCUT2D eigenvalue weighted by Gasteiger charge is 2.14. The summed E-state index contributed by atoms with van der Waals surface area (Å²) in [4.78, 5) is 33.6. The number of carbonyl (C=O) groups excluding carboxylic acids is 1. The summed E-state index contributed by atoms with van der Waals surface area (Å²) in [6, 6.07) is 14.8. The Hall–Kier alpha value is -3.87. The van der Waals surface area contributed by atoms with Crippen molar-refractivity contribution in [3.05, 3.63) is 94.3 Å². The van der Waals surface area contributed by atoms with E-state index in [1.165, 1.54) is 4.68 Å². The third-order valence-corrected chi connectivity index (χ3v) is 4.63. The number of aromatic nitrogens is 4. The summed E-state index contributed by atoms with van der Waals surface area (Å²) in [6.07, 6.45) is 5.58. The van der Waals surface area contributed by atoms with Gasteiger partial charge in [-0.15, -0.1) is 0 Å². The Morgan fingerprint density at radius 3 is 2.52 bits per heavy atom. The zero-order chi connectivity index (χ0) is 20.2. The van der Waals surface area contributed by atoms with E-state index in [-0.39, 0.29) is 18.0 Å². The lowest BCUT2D eigenvalue weighted by Gasteiger charge is -2.12. The molecule has 0 aliphatic carbocycles. The molecule has 7 nitrogen and oxygen atoms in total. The predicted octanol–water partition coefficient (Wildman–Crippen LogP) is 2.72. The molecule has 1 aromatic carbocycles. The maximum absolute atomic E-state index is 12.9. The maximum Gasteiger partial charge on any atom is 0.275 e. The average molecular weight is 385 g/mol. The van der Waals surface area contributed by atoms with Crippen molar-refractivity contribution in [2.45, 2.75) is 19.9 Å². The first-order chi connectivity index (χ1) is 14.1. The van der Waals surface area contributed by atoms with Crippen LogP contribution in [0, 0.1) is 6.92 Å². The van der Waals surface area contributed by atoms with Crippen LogP contribution < -0.4 is 10.9 Å². The quantitative estimate of drug-likeness (QED) is 0.571. The Labute approximate surface area is 167 Å². The van der Waals surface area contributed by atoms with Gasteiger partial charge >= 0.3 is 0 Å². The molecule has 0 bridgehead atoms. The zero-order valence-corrected chi connectivity index (χ0v) is 15.9. The van der Waals surface area contributed by atoms with Gasteiger partial charge < -0.3 is 5.32 Å². The number of amides is 1. The number of anilines is 1. The van der Waals surface area contributed by atoms with Crippen LogP contribution >= 0.6 is 0 Å². The number of nitrogens with one attached hydrogen (secondary N) is 1. The number of nitrogens with zero attached hydrogens (tertiary/aromatic N) is 4. The van der Waals surface area contributed by atoms with Gasteiger partial charge in [0.1, 0.15) is 12.4 Å². The van der Waals surface area contributed by atoms with E-state index in [4.69, 9.17) is 0 Å². The van der Waals surface area contributed by atoms with Crippen LogP contribution in [0.2, 0.25) is 0 Å². The molecule has 0 fully saturated rings. The summed E-state index contributed by atoms with van der Waals surface area (Å²) in [6.45, 7) is 1.67. The highest BCUT2D eigenvalue weighted by Crippen LogP contribution is 2.17. The van der Waals surface area contributed by atoms with Crippen LogP contribution in [-0.4, -0.2) is 25.7 Å². The molecule has 3 aromatic heterocycles. The minimum atomic E-state index is -0.355. The number of benzene rings is 1. The van der Waals surface area contributed by atoms with E-state index in [2.05, 4.69) is 20.4 Å². The fourth-order valence-corrected chi connectivity index (χ4v) is 3.16. The van der Waals surface area contributed by atoms with Crippen LogP contribution in [0.4, 0.5) is 5.82 Å². The standard InChI is InChI=1S/C22H19N5O2/c1-15-5-4-10-24-21(15)25-20(28)14-27-22(29)18-7-3-2-6-17(18)19(26-27)13-16-8-11-23-12-9-16/h2-12H,13-14H2,1H3,(H,24,25,28). The maximum atomic E-state index is 12.9. The van der Waals surface area contributed by atoms with Gasteiger partial charge in [-0.25, -0.2) is 9.67 Å². The van der Waals surface area contributed by atoms with Crippen molar-refractivity contribution < 1.29 is 4.79 Å². The van der Waals surface area contributed by atoms with Crippen LogP contribution in [0.15, 0.2) is 71.9 Å².